The topological polar surface area (TPSA) is 34.1 Å². The highest BCUT2D eigenvalue weighted by atomic mass is 79.9. The van der Waals surface area contributed by atoms with Gasteiger partial charge in [-0.15, -0.1) is 0 Å². The minimum atomic E-state index is -0.0194. The van der Waals surface area contributed by atoms with Crippen molar-refractivity contribution < 1.29 is 0 Å². The van der Waals surface area contributed by atoms with E-state index in [1.165, 1.54) is 0 Å². The largest absolute Gasteiger partial charge is 0.289 e. The van der Waals surface area contributed by atoms with Gasteiger partial charge in [-0.3, -0.25) is 9.59 Å². The summed E-state index contributed by atoms with van der Waals surface area (Å²) >= 11 is 6.84. The van der Waals surface area contributed by atoms with E-state index in [0.717, 1.165) is 30.5 Å². The Morgan fingerprint density at radius 3 is 1.29 bits per heavy atom. The molecule has 5 aromatic rings. The third-order valence-electron chi connectivity index (χ3n) is 4.68. The van der Waals surface area contributed by atoms with Crippen LogP contribution < -0.4 is 10.9 Å². The molecule has 0 aliphatic heterocycles. The number of halogens is 2. The number of benzene rings is 3. The van der Waals surface area contributed by atoms with Crippen molar-refractivity contribution in [1.29, 1.82) is 0 Å². The lowest BCUT2D eigenvalue weighted by molar-refractivity contribution is 1.73. The van der Waals surface area contributed by atoms with Gasteiger partial charge in [0.2, 0.25) is 0 Å². The van der Waals surface area contributed by atoms with Gasteiger partial charge in [0.05, 0.1) is 0 Å². The average molecular weight is 440 g/mol. The van der Waals surface area contributed by atoms with Crippen LogP contribution in [-0.4, -0.2) is 0 Å². The van der Waals surface area contributed by atoms with Gasteiger partial charge in [-0.1, -0.05) is 44.0 Å². The van der Waals surface area contributed by atoms with Crippen molar-refractivity contribution in [3.63, 3.8) is 0 Å². The molecule has 24 heavy (non-hydrogen) atoms. The monoisotopic (exact) mass is 438 g/mol. The van der Waals surface area contributed by atoms with Crippen LogP contribution in [0.15, 0.2) is 67.1 Å². The molecule has 2 nitrogen and oxygen atoms in total. The molecule has 0 fully saturated rings. The minimum Gasteiger partial charge on any atom is -0.289 e. The molecule has 0 N–H and O–H groups in total. The molecule has 0 aromatic heterocycles. The number of rotatable bonds is 0. The third kappa shape index (κ3) is 1.75. The molecule has 4 heteroatoms. The second kappa shape index (κ2) is 4.74. The Balaban J connectivity index is 2.09. The van der Waals surface area contributed by atoms with E-state index >= 15 is 0 Å². The van der Waals surface area contributed by atoms with Gasteiger partial charge in [-0.2, -0.15) is 0 Å². The maximum Gasteiger partial charge on any atom is 0.194 e. The van der Waals surface area contributed by atoms with E-state index in [1.54, 1.807) is 6.07 Å². The minimum absolute atomic E-state index is 0.0194. The van der Waals surface area contributed by atoms with E-state index in [9.17, 15) is 9.59 Å². The predicted octanol–water partition coefficient (Wildman–Crippen LogP) is 5.42. The van der Waals surface area contributed by atoms with Gasteiger partial charge in [0.15, 0.2) is 10.9 Å². The van der Waals surface area contributed by atoms with Crippen LogP contribution in [0.1, 0.15) is 0 Å². The second-order valence-electron chi connectivity index (χ2n) is 5.98. The van der Waals surface area contributed by atoms with E-state index in [-0.39, 0.29) is 10.9 Å². The Morgan fingerprint density at radius 2 is 0.833 bits per heavy atom. The van der Waals surface area contributed by atoms with Crippen molar-refractivity contribution in [1.82, 2.24) is 0 Å². The highest BCUT2D eigenvalue weighted by Gasteiger charge is 2.16. The molecule has 0 unspecified atom stereocenters. The Hall–Kier alpha value is -2.04. The summed E-state index contributed by atoms with van der Waals surface area (Å²) in [5, 5.41) is 6.27. The van der Waals surface area contributed by atoms with Crippen molar-refractivity contribution in [3.05, 3.63) is 77.9 Å². The summed E-state index contributed by atoms with van der Waals surface area (Å²) in [7, 11) is 0. The molecule has 0 radical (unpaired) electrons. The van der Waals surface area contributed by atoms with Crippen LogP contribution in [0.3, 0.4) is 0 Å². The molecule has 0 atom stereocenters. The Labute approximate surface area is 152 Å². The molecule has 0 spiro atoms. The molecule has 5 rings (SSSR count). The van der Waals surface area contributed by atoms with Crippen LogP contribution >= 0.6 is 31.9 Å². The SMILES string of the molecule is O=c1c2cc(Br)ccc2c2cc3c(cc12)c(=O)c1cc(Br)ccc13. The molecule has 0 bridgehead atoms. The highest BCUT2D eigenvalue weighted by Crippen LogP contribution is 2.33. The predicted molar refractivity (Wildman–Crippen MR) is 107 cm³/mol. The molecule has 0 amide bonds. The summed E-state index contributed by atoms with van der Waals surface area (Å²) in [5.74, 6) is 0. The lowest BCUT2D eigenvalue weighted by Crippen LogP contribution is -1.96. The van der Waals surface area contributed by atoms with Crippen molar-refractivity contribution >= 4 is 74.9 Å². The molecule has 0 saturated heterocycles. The van der Waals surface area contributed by atoms with E-state index in [4.69, 9.17) is 0 Å². The first-order valence-electron chi connectivity index (χ1n) is 7.42. The second-order valence-corrected chi connectivity index (χ2v) is 7.81. The quantitative estimate of drug-likeness (QED) is 0.323. The van der Waals surface area contributed by atoms with Gasteiger partial charge in [0.1, 0.15) is 0 Å². The Bertz CT molecular complexity index is 1300. The normalized spacial score (nSPS) is 12.1. The van der Waals surface area contributed by atoms with Crippen molar-refractivity contribution in [2.45, 2.75) is 0 Å². The standard InChI is InChI=1S/C20H8Br2O2/c21-9-1-3-11-13-7-14-12-4-2-10(22)6-16(12)20(24)18(14)8-17(13)19(23)15(11)5-9/h1-8H. The molecule has 0 aliphatic carbocycles. The fraction of sp³-hybridized carbons (Fsp3) is 0. The summed E-state index contributed by atoms with van der Waals surface area (Å²) in [6.07, 6.45) is 0. The third-order valence-corrected chi connectivity index (χ3v) is 5.67. The van der Waals surface area contributed by atoms with Crippen LogP contribution in [-0.2, 0) is 0 Å². The Kier molecular flexibility index (Phi) is 2.83. The number of hydrogen-bond donors (Lipinski definition) is 0. The van der Waals surface area contributed by atoms with Crippen molar-refractivity contribution in [2.24, 2.45) is 0 Å². The van der Waals surface area contributed by atoms with Crippen LogP contribution in [0.4, 0.5) is 0 Å². The van der Waals surface area contributed by atoms with Crippen LogP contribution in [0.2, 0.25) is 0 Å². The van der Waals surface area contributed by atoms with E-state index in [1.807, 2.05) is 42.5 Å². The molecule has 5 aromatic carbocycles. The fourth-order valence-electron chi connectivity index (χ4n) is 3.59. The first kappa shape index (κ1) is 14.3. The van der Waals surface area contributed by atoms with Gasteiger partial charge >= 0.3 is 0 Å². The lowest BCUT2D eigenvalue weighted by atomic mass is 10.1. The molecular formula is C20H8Br2O2. The number of fused-ring (bicyclic) bond motifs is 6. The van der Waals surface area contributed by atoms with Crippen LogP contribution in [0.25, 0.3) is 43.1 Å². The van der Waals surface area contributed by atoms with Crippen molar-refractivity contribution in [2.75, 3.05) is 0 Å². The summed E-state index contributed by atoms with van der Waals surface area (Å²) in [4.78, 5) is 25.5. The summed E-state index contributed by atoms with van der Waals surface area (Å²) in [6.45, 7) is 0. The van der Waals surface area contributed by atoms with Gasteiger partial charge in [0, 0.05) is 30.5 Å². The average Bonchev–Trinajstić information content (AvgIpc) is 2.99. The highest BCUT2D eigenvalue weighted by molar-refractivity contribution is 9.10. The summed E-state index contributed by atoms with van der Waals surface area (Å²) in [6, 6.07) is 15.2. The molecule has 0 heterocycles. The van der Waals surface area contributed by atoms with Crippen molar-refractivity contribution in [3.8, 4) is 0 Å². The zero-order valence-corrected chi connectivity index (χ0v) is 15.4. The Morgan fingerprint density at radius 1 is 0.458 bits per heavy atom. The maximum absolute atomic E-state index is 12.7. The zero-order chi connectivity index (χ0) is 16.6. The van der Waals surface area contributed by atoms with E-state index < -0.39 is 0 Å². The van der Waals surface area contributed by atoms with E-state index in [2.05, 4.69) is 31.9 Å². The van der Waals surface area contributed by atoms with Gasteiger partial charge in [-0.05, 0) is 57.9 Å². The van der Waals surface area contributed by atoms with Gasteiger partial charge in [0.25, 0.3) is 0 Å². The smallest absolute Gasteiger partial charge is 0.194 e. The maximum atomic E-state index is 12.7. The van der Waals surface area contributed by atoms with Gasteiger partial charge < -0.3 is 0 Å². The van der Waals surface area contributed by atoms with Gasteiger partial charge in [-0.25, -0.2) is 0 Å². The fourth-order valence-corrected chi connectivity index (χ4v) is 4.31. The molecule has 0 aliphatic rings. The van der Waals surface area contributed by atoms with E-state index in [0.29, 0.717) is 21.5 Å². The van der Waals surface area contributed by atoms with Crippen LogP contribution in [0.5, 0.6) is 0 Å². The first-order chi connectivity index (χ1) is 11.5. The zero-order valence-electron chi connectivity index (χ0n) is 12.2. The summed E-state index contributed by atoms with van der Waals surface area (Å²) < 4.78 is 1.75. The number of hydrogen-bond acceptors (Lipinski definition) is 2. The summed E-state index contributed by atoms with van der Waals surface area (Å²) in [5.41, 5.74) is -0.0388. The molecule has 114 valence electrons. The lowest BCUT2D eigenvalue weighted by Gasteiger charge is -1.96. The molecule has 0 saturated carbocycles. The molecular weight excluding hydrogens is 432 g/mol. The first-order valence-corrected chi connectivity index (χ1v) is 9.00. The van der Waals surface area contributed by atoms with Crippen LogP contribution in [0, 0.1) is 0 Å².